The Morgan fingerprint density at radius 1 is 1.37 bits per heavy atom. The van der Waals surface area contributed by atoms with E-state index in [1.54, 1.807) is 12.1 Å². The zero-order valence-electron chi connectivity index (χ0n) is 11.2. The first-order chi connectivity index (χ1) is 8.72. The number of halogens is 2. The predicted octanol–water partition coefficient (Wildman–Crippen LogP) is 3.12. The van der Waals surface area contributed by atoms with Crippen molar-refractivity contribution in [3.63, 3.8) is 0 Å². The average molecular weight is 330 g/mol. The summed E-state index contributed by atoms with van der Waals surface area (Å²) in [4.78, 5) is 11.8. The van der Waals surface area contributed by atoms with Crippen molar-refractivity contribution in [2.75, 3.05) is 6.61 Å². The summed E-state index contributed by atoms with van der Waals surface area (Å²) < 4.78 is 20.4. The van der Waals surface area contributed by atoms with Crippen LogP contribution in [0.15, 0.2) is 22.7 Å². The van der Waals surface area contributed by atoms with E-state index in [0.717, 1.165) is 4.47 Å². The van der Waals surface area contributed by atoms with Gasteiger partial charge in [0, 0.05) is 16.5 Å². The summed E-state index contributed by atoms with van der Waals surface area (Å²) >= 11 is 3.34. The molecule has 1 fully saturated rings. The SMILES string of the molecule is CC1(C)C[C@@](C)(c2cc(Br)ccc2F)NC(=O)CO1. The van der Waals surface area contributed by atoms with E-state index < -0.39 is 11.1 Å². The fourth-order valence-corrected chi connectivity index (χ4v) is 3.00. The topological polar surface area (TPSA) is 38.3 Å². The molecule has 3 nitrogen and oxygen atoms in total. The summed E-state index contributed by atoms with van der Waals surface area (Å²) in [6.45, 7) is 5.63. The Morgan fingerprint density at radius 3 is 2.74 bits per heavy atom. The number of amides is 1. The minimum Gasteiger partial charge on any atom is -0.366 e. The van der Waals surface area contributed by atoms with E-state index in [-0.39, 0.29) is 18.3 Å². The summed E-state index contributed by atoms with van der Waals surface area (Å²) in [5.41, 5.74) is -0.818. The van der Waals surface area contributed by atoms with Crippen molar-refractivity contribution in [3.05, 3.63) is 34.1 Å². The molecule has 1 aromatic rings. The molecule has 1 heterocycles. The van der Waals surface area contributed by atoms with Gasteiger partial charge in [0.1, 0.15) is 12.4 Å². The lowest BCUT2D eigenvalue weighted by molar-refractivity contribution is -0.128. The van der Waals surface area contributed by atoms with E-state index in [9.17, 15) is 9.18 Å². The van der Waals surface area contributed by atoms with Gasteiger partial charge in [0.15, 0.2) is 0 Å². The molecule has 0 aliphatic carbocycles. The van der Waals surface area contributed by atoms with E-state index in [0.29, 0.717) is 12.0 Å². The van der Waals surface area contributed by atoms with Crippen LogP contribution in [0.5, 0.6) is 0 Å². The van der Waals surface area contributed by atoms with Crippen LogP contribution in [0.4, 0.5) is 4.39 Å². The Balaban J connectivity index is 2.49. The minimum absolute atomic E-state index is 0.00177. The van der Waals surface area contributed by atoms with Crippen LogP contribution in [0.25, 0.3) is 0 Å². The fraction of sp³-hybridized carbons (Fsp3) is 0.500. The molecule has 19 heavy (non-hydrogen) atoms. The van der Waals surface area contributed by atoms with Crippen molar-refractivity contribution in [1.82, 2.24) is 5.32 Å². The standard InChI is InChI=1S/C14H17BrFNO2/c1-13(2)8-14(3,17-12(18)7-19-13)10-6-9(15)4-5-11(10)16/h4-6H,7-8H2,1-3H3,(H,17,18)/t14-/m0/s1. The van der Waals surface area contributed by atoms with E-state index >= 15 is 0 Å². The third-order valence-electron chi connectivity index (χ3n) is 3.31. The molecule has 1 saturated heterocycles. The summed E-state index contributed by atoms with van der Waals surface area (Å²) in [6, 6.07) is 4.74. The predicted molar refractivity (Wildman–Crippen MR) is 74.2 cm³/mol. The third kappa shape index (κ3) is 3.15. The molecule has 1 amide bonds. The van der Waals surface area contributed by atoms with Crippen LogP contribution in [0, 0.1) is 5.82 Å². The molecule has 0 aromatic heterocycles. The Morgan fingerprint density at radius 2 is 2.05 bits per heavy atom. The molecule has 5 heteroatoms. The van der Waals surface area contributed by atoms with Crippen LogP contribution < -0.4 is 5.32 Å². The highest BCUT2D eigenvalue weighted by Crippen LogP contribution is 2.36. The first kappa shape index (κ1) is 14.5. The average Bonchev–Trinajstić information content (AvgIpc) is 2.39. The number of benzene rings is 1. The van der Waals surface area contributed by atoms with Crippen molar-refractivity contribution in [3.8, 4) is 0 Å². The normalized spacial score (nSPS) is 26.7. The molecule has 104 valence electrons. The third-order valence-corrected chi connectivity index (χ3v) is 3.80. The molecule has 2 rings (SSSR count). The van der Waals surface area contributed by atoms with Gasteiger partial charge in [0.25, 0.3) is 0 Å². The fourth-order valence-electron chi connectivity index (χ4n) is 2.63. The second kappa shape index (κ2) is 4.87. The van der Waals surface area contributed by atoms with Gasteiger partial charge in [-0.2, -0.15) is 0 Å². The van der Waals surface area contributed by atoms with Gasteiger partial charge >= 0.3 is 0 Å². The van der Waals surface area contributed by atoms with Gasteiger partial charge in [-0.15, -0.1) is 0 Å². The zero-order valence-corrected chi connectivity index (χ0v) is 12.8. The second-order valence-electron chi connectivity index (χ2n) is 5.73. The lowest BCUT2D eigenvalue weighted by atomic mass is 9.82. The highest BCUT2D eigenvalue weighted by atomic mass is 79.9. The van der Waals surface area contributed by atoms with Crippen molar-refractivity contribution >= 4 is 21.8 Å². The van der Waals surface area contributed by atoms with Crippen LogP contribution in [-0.4, -0.2) is 18.1 Å². The first-order valence-electron chi connectivity index (χ1n) is 6.12. The molecule has 0 radical (unpaired) electrons. The number of carbonyl (C=O) groups excluding carboxylic acids is 1. The molecule has 0 unspecified atom stereocenters. The van der Waals surface area contributed by atoms with Gasteiger partial charge < -0.3 is 10.1 Å². The van der Waals surface area contributed by atoms with E-state index in [1.165, 1.54) is 6.07 Å². The number of hydrogen-bond donors (Lipinski definition) is 1. The molecule has 0 spiro atoms. The Kier molecular flexibility index (Phi) is 3.71. The molecule has 1 aliphatic heterocycles. The Bertz CT molecular complexity index is 518. The van der Waals surface area contributed by atoms with E-state index in [2.05, 4.69) is 21.2 Å². The van der Waals surface area contributed by atoms with Crippen LogP contribution in [0.3, 0.4) is 0 Å². The van der Waals surface area contributed by atoms with Gasteiger partial charge in [0.2, 0.25) is 5.91 Å². The Hall–Kier alpha value is -0.940. The minimum atomic E-state index is -0.787. The van der Waals surface area contributed by atoms with Crippen LogP contribution in [-0.2, 0) is 15.1 Å². The van der Waals surface area contributed by atoms with Crippen molar-refractivity contribution in [2.45, 2.75) is 38.3 Å². The summed E-state index contributed by atoms with van der Waals surface area (Å²) in [5, 5.41) is 2.87. The lowest BCUT2D eigenvalue weighted by Gasteiger charge is -2.35. The van der Waals surface area contributed by atoms with E-state index in [1.807, 2.05) is 20.8 Å². The molecule has 1 N–H and O–H groups in total. The quantitative estimate of drug-likeness (QED) is 0.859. The lowest BCUT2D eigenvalue weighted by Crippen LogP contribution is -2.45. The van der Waals surface area contributed by atoms with Gasteiger partial charge in [-0.05, 0) is 39.0 Å². The van der Waals surface area contributed by atoms with Gasteiger partial charge in [-0.1, -0.05) is 15.9 Å². The summed E-state index contributed by atoms with van der Waals surface area (Å²) in [7, 11) is 0. The maximum Gasteiger partial charge on any atom is 0.246 e. The smallest absolute Gasteiger partial charge is 0.246 e. The van der Waals surface area contributed by atoms with Gasteiger partial charge in [-0.3, -0.25) is 4.79 Å². The maximum atomic E-state index is 14.1. The van der Waals surface area contributed by atoms with Crippen molar-refractivity contribution < 1.29 is 13.9 Å². The molecule has 1 aliphatic rings. The molecule has 1 aromatic carbocycles. The first-order valence-corrected chi connectivity index (χ1v) is 6.92. The van der Waals surface area contributed by atoms with Gasteiger partial charge in [-0.25, -0.2) is 4.39 Å². The highest BCUT2D eigenvalue weighted by Gasteiger charge is 2.40. The highest BCUT2D eigenvalue weighted by molar-refractivity contribution is 9.10. The maximum absolute atomic E-state index is 14.1. The molecular weight excluding hydrogens is 313 g/mol. The molecular formula is C14H17BrFNO2. The summed E-state index contributed by atoms with van der Waals surface area (Å²) in [5.74, 6) is -0.559. The summed E-state index contributed by atoms with van der Waals surface area (Å²) in [6.07, 6.45) is 0.499. The molecule has 0 bridgehead atoms. The van der Waals surface area contributed by atoms with Crippen molar-refractivity contribution in [1.29, 1.82) is 0 Å². The molecule has 0 saturated carbocycles. The Labute approximate surface area is 120 Å². The second-order valence-corrected chi connectivity index (χ2v) is 6.65. The largest absolute Gasteiger partial charge is 0.366 e. The van der Waals surface area contributed by atoms with Gasteiger partial charge in [0.05, 0.1) is 11.1 Å². The van der Waals surface area contributed by atoms with Crippen LogP contribution >= 0.6 is 15.9 Å². The number of nitrogens with one attached hydrogen (secondary N) is 1. The van der Waals surface area contributed by atoms with E-state index in [4.69, 9.17) is 4.74 Å². The number of rotatable bonds is 1. The number of ether oxygens (including phenoxy) is 1. The van der Waals surface area contributed by atoms with Crippen LogP contribution in [0.2, 0.25) is 0 Å². The van der Waals surface area contributed by atoms with Crippen molar-refractivity contribution in [2.24, 2.45) is 0 Å². The van der Waals surface area contributed by atoms with Crippen LogP contribution in [0.1, 0.15) is 32.8 Å². The monoisotopic (exact) mass is 329 g/mol. The number of hydrogen-bond acceptors (Lipinski definition) is 2. The zero-order chi connectivity index (χ0) is 14.3. The number of carbonyl (C=O) groups is 1. The molecule has 1 atom stereocenters.